The van der Waals surface area contributed by atoms with E-state index in [4.69, 9.17) is 10.8 Å². The number of thiol groups is 1. The van der Waals surface area contributed by atoms with Gasteiger partial charge in [-0.3, -0.25) is 14.4 Å². The number of likely N-dealkylation sites (tertiary alicyclic amines) is 1. The number of nitrogens with one attached hydrogen (secondary N) is 3. The average molecular weight is 412 g/mol. The molecule has 1 saturated heterocycles. The Morgan fingerprint density at radius 2 is 2.18 bits per heavy atom. The third-order valence-corrected chi connectivity index (χ3v) is 4.78. The Balaban J connectivity index is 1.85. The van der Waals surface area contributed by atoms with Gasteiger partial charge in [-0.2, -0.15) is 12.6 Å². The lowest BCUT2D eigenvalue weighted by Gasteiger charge is -2.25. The predicted molar refractivity (Wildman–Crippen MR) is 101 cm³/mol. The van der Waals surface area contributed by atoms with Crippen LogP contribution in [-0.2, 0) is 25.6 Å². The topological polar surface area (TPSA) is 171 Å². The first-order valence-corrected chi connectivity index (χ1v) is 9.40. The zero-order valence-electron chi connectivity index (χ0n) is 15.1. The summed E-state index contributed by atoms with van der Waals surface area (Å²) in [6.45, 7) is 0.0554. The quantitative estimate of drug-likeness (QED) is 0.252. The monoisotopic (exact) mass is 412 g/mol. The second kappa shape index (κ2) is 10.1. The first kappa shape index (κ1) is 21.7. The second-order valence-corrected chi connectivity index (χ2v) is 6.80. The molecule has 11 nitrogen and oxygen atoms in total. The van der Waals surface area contributed by atoms with Crippen LogP contribution in [0.1, 0.15) is 18.5 Å². The van der Waals surface area contributed by atoms with Crippen LogP contribution in [0.4, 0.5) is 0 Å². The standard InChI is InChI=1S/C16H24N6O5S/c17-10(4-9-5-18-8-20-9)14(24)19-6-13(23)22-3-1-2-12(22)15(25)21-11(7-28)16(26)27/h5,8,10-12,28H,1-4,6-7,17H2,(H,18,20)(H,19,24)(H,21,25)(H,26,27). The van der Waals surface area contributed by atoms with Crippen LogP contribution in [0.5, 0.6) is 0 Å². The van der Waals surface area contributed by atoms with Crippen molar-refractivity contribution in [2.45, 2.75) is 37.4 Å². The van der Waals surface area contributed by atoms with Crippen LogP contribution in [0.15, 0.2) is 12.5 Å². The molecule has 1 aromatic rings. The van der Waals surface area contributed by atoms with Gasteiger partial charge in [-0.25, -0.2) is 9.78 Å². The summed E-state index contributed by atoms with van der Waals surface area (Å²) in [5, 5.41) is 13.9. The first-order chi connectivity index (χ1) is 13.3. The summed E-state index contributed by atoms with van der Waals surface area (Å²) in [6.07, 6.45) is 4.31. The van der Waals surface area contributed by atoms with Crippen LogP contribution in [0.25, 0.3) is 0 Å². The van der Waals surface area contributed by atoms with Crippen LogP contribution < -0.4 is 16.4 Å². The summed E-state index contributed by atoms with van der Waals surface area (Å²) in [7, 11) is 0. The maximum atomic E-state index is 12.4. The molecule has 1 fully saturated rings. The maximum absolute atomic E-state index is 12.4. The van der Waals surface area contributed by atoms with Crippen LogP contribution in [0, 0.1) is 0 Å². The lowest BCUT2D eigenvalue weighted by atomic mass is 10.1. The number of amides is 3. The van der Waals surface area contributed by atoms with E-state index in [0.717, 1.165) is 0 Å². The van der Waals surface area contributed by atoms with Crippen molar-refractivity contribution >= 4 is 36.3 Å². The van der Waals surface area contributed by atoms with E-state index in [9.17, 15) is 19.2 Å². The van der Waals surface area contributed by atoms with Crippen molar-refractivity contribution in [1.29, 1.82) is 0 Å². The molecule has 3 unspecified atom stereocenters. The SMILES string of the molecule is NC(Cc1cnc[nH]1)C(=O)NCC(=O)N1CCCC1C(=O)NC(CS)C(=O)O. The van der Waals surface area contributed by atoms with Gasteiger partial charge in [-0.15, -0.1) is 0 Å². The molecule has 2 heterocycles. The van der Waals surface area contributed by atoms with Gasteiger partial charge >= 0.3 is 5.97 Å². The summed E-state index contributed by atoms with van der Waals surface area (Å²) < 4.78 is 0. The molecule has 154 valence electrons. The maximum Gasteiger partial charge on any atom is 0.327 e. The number of carboxylic acid groups (broad SMARTS) is 1. The van der Waals surface area contributed by atoms with Crippen molar-refractivity contribution in [2.24, 2.45) is 5.73 Å². The second-order valence-electron chi connectivity index (χ2n) is 6.43. The zero-order valence-corrected chi connectivity index (χ0v) is 16.0. The summed E-state index contributed by atoms with van der Waals surface area (Å²) in [5.74, 6) is -2.74. The third-order valence-electron chi connectivity index (χ3n) is 4.42. The van der Waals surface area contributed by atoms with E-state index in [2.05, 4.69) is 33.2 Å². The highest BCUT2D eigenvalue weighted by atomic mass is 32.1. The van der Waals surface area contributed by atoms with E-state index in [0.29, 0.717) is 25.1 Å². The average Bonchev–Trinajstić information content (AvgIpc) is 3.34. The molecule has 0 spiro atoms. The van der Waals surface area contributed by atoms with Gasteiger partial charge < -0.3 is 31.4 Å². The Morgan fingerprint density at radius 3 is 2.79 bits per heavy atom. The fraction of sp³-hybridized carbons (Fsp3) is 0.562. The van der Waals surface area contributed by atoms with E-state index in [-0.39, 0.29) is 18.7 Å². The Bertz CT molecular complexity index is 712. The number of rotatable bonds is 9. The number of hydrogen-bond donors (Lipinski definition) is 6. The largest absolute Gasteiger partial charge is 0.480 e. The number of imidazole rings is 1. The summed E-state index contributed by atoms with van der Waals surface area (Å²) in [4.78, 5) is 55.9. The summed E-state index contributed by atoms with van der Waals surface area (Å²) in [5.41, 5.74) is 6.51. The number of hydrogen-bond acceptors (Lipinski definition) is 7. The predicted octanol–water partition coefficient (Wildman–Crippen LogP) is -2.11. The summed E-state index contributed by atoms with van der Waals surface area (Å²) >= 11 is 3.90. The Kier molecular flexibility index (Phi) is 7.81. The van der Waals surface area contributed by atoms with E-state index in [1.54, 1.807) is 6.20 Å². The number of carbonyl (C=O) groups excluding carboxylic acids is 3. The Labute approximate surface area is 166 Å². The molecule has 0 aromatic carbocycles. The number of aliphatic carboxylic acids is 1. The number of aromatic nitrogens is 2. The van der Waals surface area contributed by atoms with Gasteiger partial charge in [0.15, 0.2) is 0 Å². The van der Waals surface area contributed by atoms with Crippen LogP contribution in [0.3, 0.4) is 0 Å². The van der Waals surface area contributed by atoms with Crippen LogP contribution >= 0.6 is 12.6 Å². The molecule has 3 amide bonds. The Morgan fingerprint density at radius 1 is 1.43 bits per heavy atom. The molecule has 1 aromatic heterocycles. The Hall–Kier alpha value is -2.60. The number of carboxylic acids is 1. The van der Waals surface area contributed by atoms with Crippen molar-refractivity contribution in [3.05, 3.63) is 18.2 Å². The van der Waals surface area contributed by atoms with Gasteiger partial charge in [-0.1, -0.05) is 0 Å². The molecule has 0 bridgehead atoms. The number of nitrogens with zero attached hydrogens (tertiary/aromatic N) is 2. The lowest BCUT2D eigenvalue weighted by Crippen LogP contribution is -2.53. The molecule has 0 radical (unpaired) electrons. The molecule has 1 aliphatic heterocycles. The van der Waals surface area contributed by atoms with E-state index in [1.807, 2.05) is 0 Å². The highest BCUT2D eigenvalue weighted by molar-refractivity contribution is 7.80. The number of aromatic amines is 1. The van der Waals surface area contributed by atoms with Gasteiger partial charge in [0.2, 0.25) is 17.7 Å². The van der Waals surface area contributed by atoms with Crippen molar-refractivity contribution in [3.63, 3.8) is 0 Å². The van der Waals surface area contributed by atoms with Gasteiger partial charge in [0, 0.05) is 30.6 Å². The third kappa shape index (κ3) is 5.70. The summed E-state index contributed by atoms with van der Waals surface area (Å²) in [6, 6.07) is -2.75. The highest BCUT2D eigenvalue weighted by Gasteiger charge is 2.35. The smallest absolute Gasteiger partial charge is 0.327 e. The molecule has 0 saturated carbocycles. The van der Waals surface area contributed by atoms with Gasteiger partial charge in [0.25, 0.3) is 0 Å². The molecule has 1 aliphatic rings. The van der Waals surface area contributed by atoms with Gasteiger partial charge in [0.1, 0.15) is 12.1 Å². The molecule has 0 aliphatic carbocycles. The molecular formula is C16H24N6O5S. The minimum absolute atomic E-state index is 0.0635. The molecule has 2 rings (SSSR count). The van der Waals surface area contributed by atoms with E-state index >= 15 is 0 Å². The number of H-pyrrole nitrogens is 1. The molecule has 3 atom stereocenters. The van der Waals surface area contributed by atoms with Crippen molar-refractivity contribution in [3.8, 4) is 0 Å². The van der Waals surface area contributed by atoms with E-state index in [1.165, 1.54) is 11.2 Å². The fourth-order valence-corrected chi connectivity index (χ4v) is 3.16. The molecular weight excluding hydrogens is 388 g/mol. The van der Waals surface area contributed by atoms with Crippen molar-refractivity contribution in [1.82, 2.24) is 25.5 Å². The normalized spacial score (nSPS) is 18.4. The van der Waals surface area contributed by atoms with Gasteiger partial charge in [-0.05, 0) is 12.8 Å². The van der Waals surface area contributed by atoms with Gasteiger partial charge in [0.05, 0.1) is 18.9 Å². The fourth-order valence-electron chi connectivity index (χ4n) is 2.91. The molecule has 6 N–H and O–H groups in total. The highest BCUT2D eigenvalue weighted by Crippen LogP contribution is 2.17. The lowest BCUT2D eigenvalue weighted by molar-refractivity contribution is -0.143. The number of carbonyl (C=O) groups is 4. The van der Waals surface area contributed by atoms with Crippen molar-refractivity contribution in [2.75, 3.05) is 18.8 Å². The minimum atomic E-state index is -1.20. The number of nitrogens with two attached hydrogens (primary N) is 1. The van der Waals surface area contributed by atoms with Crippen molar-refractivity contribution < 1.29 is 24.3 Å². The van der Waals surface area contributed by atoms with E-state index < -0.39 is 41.8 Å². The molecule has 28 heavy (non-hydrogen) atoms. The molecule has 12 heteroatoms. The zero-order chi connectivity index (χ0) is 20.7. The minimum Gasteiger partial charge on any atom is -0.480 e. The van der Waals surface area contributed by atoms with Crippen LogP contribution in [-0.4, -0.2) is 80.6 Å². The first-order valence-electron chi connectivity index (χ1n) is 8.77. The van der Waals surface area contributed by atoms with Crippen LogP contribution in [0.2, 0.25) is 0 Å².